The molecule has 0 aliphatic carbocycles. The van der Waals surface area contributed by atoms with Crippen molar-refractivity contribution in [1.82, 2.24) is 9.88 Å². The molecule has 4 nitrogen and oxygen atoms in total. The lowest BCUT2D eigenvalue weighted by atomic mass is 9.95. The summed E-state index contributed by atoms with van der Waals surface area (Å²) in [7, 11) is 0. The molecule has 2 heterocycles. The molecule has 0 radical (unpaired) electrons. The Hall–Kier alpha value is -1.07. The van der Waals surface area contributed by atoms with Gasteiger partial charge in [-0.15, -0.1) is 24.8 Å². The van der Waals surface area contributed by atoms with E-state index in [0.29, 0.717) is 0 Å². The van der Waals surface area contributed by atoms with Gasteiger partial charge in [-0.1, -0.05) is 30.3 Å². The number of halogens is 2. The molecular formula is C17H25Cl2N3O. The van der Waals surface area contributed by atoms with E-state index < -0.39 is 0 Å². The summed E-state index contributed by atoms with van der Waals surface area (Å²) in [6, 6.07) is 10.1. The highest BCUT2D eigenvalue weighted by molar-refractivity contribution is 5.85. The smallest absolute Gasteiger partial charge is 0.209 e. The fourth-order valence-electron chi connectivity index (χ4n) is 3.08. The van der Waals surface area contributed by atoms with Crippen molar-refractivity contribution in [2.45, 2.75) is 25.8 Å². The maximum absolute atomic E-state index is 5.89. The number of nitrogens with two attached hydrogens (primary N) is 1. The fraction of sp³-hybridized carbons (Fsp3) is 0.471. The van der Waals surface area contributed by atoms with Crippen LogP contribution in [0.15, 0.2) is 40.9 Å². The second kappa shape index (κ2) is 9.93. The van der Waals surface area contributed by atoms with E-state index in [-0.39, 0.29) is 24.8 Å². The number of hydrogen-bond acceptors (Lipinski definition) is 4. The van der Waals surface area contributed by atoms with Crippen molar-refractivity contribution in [3.05, 3.63) is 42.4 Å². The molecule has 6 heteroatoms. The second-order valence-corrected chi connectivity index (χ2v) is 5.80. The minimum absolute atomic E-state index is 0. The van der Waals surface area contributed by atoms with Crippen LogP contribution in [0.4, 0.5) is 0 Å². The zero-order valence-electron chi connectivity index (χ0n) is 13.2. The SMILES string of the molecule is Cl.Cl.NCCC1CCCN(Cc2ncc(-c3ccccc3)o2)C1. The lowest BCUT2D eigenvalue weighted by Crippen LogP contribution is -2.35. The Morgan fingerprint density at radius 3 is 2.74 bits per heavy atom. The Labute approximate surface area is 150 Å². The third-order valence-corrected chi connectivity index (χ3v) is 4.15. The first kappa shape index (κ1) is 20.0. The molecule has 2 aromatic rings. The predicted octanol–water partition coefficient (Wildman–Crippen LogP) is 3.75. The van der Waals surface area contributed by atoms with Crippen LogP contribution < -0.4 is 5.73 Å². The fourth-order valence-corrected chi connectivity index (χ4v) is 3.08. The Bertz CT molecular complexity index is 560. The number of likely N-dealkylation sites (tertiary alicyclic amines) is 1. The van der Waals surface area contributed by atoms with E-state index in [9.17, 15) is 0 Å². The van der Waals surface area contributed by atoms with Crippen LogP contribution in [0.25, 0.3) is 11.3 Å². The van der Waals surface area contributed by atoms with Gasteiger partial charge < -0.3 is 10.2 Å². The summed E-state index contributed by atoms with van der Waals surface area (Å²) in [6.45, 7) is 3.83. The quantitative estimate of drug-likeness (QED) is 0.885. The van der Waals surface area contributed by atoms with Crippen molar-refractivity contribution in [3.63, 3.8) is 0 Å². The molecule has 1 aliphatic rings. The van der Waals surface area contributed by atoms with E-state index in [0.717, 1.165) is 55.7 Å². The molecular weight excluding hydrogens is 333 g/mol. The average molecular weight is 358 g/mol. The third kappa shape index (κ3) is 5.50. The summed E-state index contributed by atoms with van der Waals surface area (Å²) >= 11 is 0. The minimum atomic E-state index is 0. The van der Waals surface area contributed by atoms with Gasteiger partial charge in [0.25, 0.3) is 0 Å². The summed E-state index contributed by atoms with van der Waals surface area (Å²) in [5, 5.41) is 0. The molecule has 1 unspecified atom stereocenters. The van der Waals surface area contributed by atoms with E-state index in [1.807, 2.05) is 36.5 Å². The molecule has 1 fully saturated rings. The maximum atomic E-state index is 5.89. The standard InChI is InChI=1S/C17H23N3O.2ClH/c18-9-8-14-5-4-10-20(12-14)13-17-19-11-16(21-17)15-6-2-1-3-7-15;;/h1-3,6-7,11,14H,4-5,8-10,12-13,18H2;2*1H. The van der Waals surface area contributed by atoms with Crippen molar-refractivity contribution in [2.75, 3.05) is 19.6 Å². The van der Waals surface area contributed by atoms with Crippen LogP contribution in [0, 0.1) is 5.92 Å². The van der Waals surface area contributed by atoms with Gasteiger partial charge in [0.2, 0.25) is 5.89 Å². The number of aromatic nitrogens is 1. The van der Waals surface area contributed by atoms with E-state index in [1.54, 1.807) is 0 Å². The second-order valence-electron chi connectivity index (χ2n) is 5.80. The topological polar surface area (TPSA) is 55.3 Å². The van der Waals surface area contributed by atoms with Crippen LogP contribution in [0.1, 0.15) is 25.2 Å². The zero-order valence-corrected chi connectivity index (χ0v) is 14.8. The molecule has 3 rings (SSSR count). The zero-order chi connectivity index (χ0) is 14.5. The van der Waals surface area contributed by atoms with Gasteiger partial charge in [-0.3, -0.25) is 4.90 Å². The molecule has 2 N–H and O–H groups in total. The molecule has 1 atom stereocenters. The Morgan fingerprint density at radius 2 is 2.00 bits per heavy atom. The summed E-state index contributed by atoms with van der Waals surface area (Å²) in [6.07, 6.45) is 5.49. The normalized spacial score (nSPS) is 18.0. The summed E-state index contributed by atoms with van der Waals surface area (Å²) in [4.78, 5) is 6.86. The number of rotatable bonds is 5. The highest BCUT2D eigenvalue weighted by Crippen LogP contribution is 2.23. The number of nitrogens with zero attached hydrogens (tertiary/aromatic N) is 2. The Balaban J connectivity index is 0.00000132. The van der Waals surface area contributed by atoms with Gasteiger partial charge in [0.1, 0.15) is 0 Å². The molecule has 1 aromatic carbocycles. The average Bonchev–Trinajstić information content (AvgIpc) is 2.97. The first-order chi connectivity index (χ1) is 10.3. The number of benzene rings is 1. The highest BCUT2D eigenvalue weighted by Gasteiger charge is 2.20. The van der Waals surface area contributed by atoms with Gasteiger partial charge in [-0.2, -0.15) is 0 Å². The van der Waals surface area contributed by atoms with E-state index in [4.69, 9.17) is 10.2 Å². The summed E-state index contributed by atoms with van der Waals surface area (Å²) in [5.41, 5.74) is 6.76. The minimum Gasteiger partial charge on any atom is -0.439 e. The van der Waals surface area contributed by atoms with E-state index in [1.165, 1.54) is 12.8 Å². The number of hydrogen-bond donors (Lipinski definition) is 1. The molecule has 0 bridgehead atoms. The van der Waals surface area contributed by atoms with Crippen LogP contribution in [0.5, 0.6) is 0 Å². The van der Waals surface area contributed by atoms with Crippen LogP contribution in [-0.4, -0.2) is 29.5 Å². The summed E-state index contributed by atoms with van der Waals surface area (Å²) in [5.74, 6) is 2.38. The molecule has 1 aromatic heterocycles. The molecule has 23 heavy (non-hydrogen) atoms. The number of piperidine rings is 1. The molecule has 1 saturated heterocycles. The van der Waals surface area contributed by atoms with Crippen LogP contribution in [0.3, 0.4) is 0 Å². The van der Waals surface area contributed by atoms with Crippen molar-refractivity contribution < 1.29 is 4.42 Å². The molecule has 0 amide bonds. The third-order valence-electron chi connectivity index (χ3n) is 4.15. The van der Waals surface area contributed by atoms with Crippen molar-refractivity contribution >= 4 is 24.8 Å². The monoisotopic (exact) mass is 357 g/mol. The number of oxazole rings is 1. The molecule has 0 spiro atoms. The first-order valence-electron chi connectivity index (χ1n) is 7.77. The van der Waals surface area contributed by atoms with Gasteiger partial charge in [0.15, 0.2) is 5.76 Å². The van der Waals surface area contributed by atoms with Gasteiger partial charge in [-0.25, -0.2) is 4.98 Å². The largest absolute Gasteiger partial charge is 0.439 e. The Kier molecular flexibility index (Phi) is 8.63. The van der Waals surface area contributed by atoms with E-state index >= 15 is 0 Å². The van der Waals surface area contributed by atoms with Crippen LogP contribution in [0.2, 0.25) is 0 Å². The Morgan fingerprint density at radius 1 is 1.22 bits per heavy atom. The van der Waals surface area contributed by atoms with Crippen LogP contribution >= 0.6 is 24.8 Å². The lowest BCUT2D eigenvalue weighted by Gasteiger charge is -2.31. The summed E-state index contributed by atoms with van der Waals surface area (Å²) < 4.78 is 5.89. The van der Waals surface area contributed by atoms with E-state index in [2.05, 4.69) is 9.88 Å². The van der Waals surface area contributed by atoms with Gasteiger partial charge in [0.05, 0.1) is 12.7 Å². The van der Waals surface area contributed by atoms with Gasteiger partial charge in [0, 0.05) is 12.1 Å². The predicted molar refractivity (Wildman–Crippen MR) is 98.1 cm³/mol. The van der Waals surface area contributed by atoms with Gasteiger partial charge in [-0.05, 0) is 38.3 Å². The van der Waals surface area contributed by atoms with Gasteiger partial charge >= 0.3 is 0 Å². The van der Waals surface area contributed by atoms with Crippen molar-refractivity contribution in [3.8, 4) is 11.3 Å². The molecule has 128 valence electrons. The lowest BCUT2D eigenvalue weighted by molar-refractivity contribution is 0.151. The van der Waals surface area contributed by atoms with Crippen LogP contribution in [-0.2, 0) is 6.54 Å². The highest BCUT2D eigenvalue weighted by atomic mass is 35.5. The van der Waals surface area contributed by atoms with Crippen molar-refractivity contribution in [1.29, 1.82) is 0 Å². The molecule has 0 saturated carbocycles. The molecule has 1 aliphatic heterocycles. The van der Waals surface area contributed by atoms with Crippen molar-refractivity contribution in [2.24, 2.45) is 11.7 Å². The first-order valence-corrected chi connectivity index (χ1v) is 7.77. The maximum Gasteiger partial charge on any atom is 0.209 e.